The fraction of sp³-hybridized carbons (Fsp3) is 0.667. The molecule has 0 saturated heterocycles. The highest BCUT2D eigenvalue weighted by Crippen LogP contribution is 2.08. The predicted octanol–water partition coefficient (Wildman–Crippen LogP) is 1.90. The van der Waals surface area contributed by atoms with Gasteiger partial charge in [-0.1, -0.05) is 29.4 Å². The molecule has 0 aromatic carbocycles. The second-order valence-corrected chi connectivity index (χ2v) is 4.27. The van der Waals surface area contributed by atoms with Crippen LogP contribution in [0.2, 0.25) is 0 Å². The van der Waals surface area contributed by atoms with E-state index in [1.165, 1.54) is 0 Å². The lowest BCUT2D eigenvalue weighted by Gasteiger charge is -2.17. The van der Waals surface area contributed by atoms with E-state index < -0.39 is 0 Å². The molecule has 0 fully saturated rings. The number of carbonyl (C=O) groups excluding carboxylic acids is 1. The lowest BCUT2D eigenvalue weighted by Crippen LogP contribution is -2.27. The summed E-state index contributed by atoms with van der Waals surface area (Å²) in [6, 6.07) is 0. The van der Waals surface area contributed by atoms with Crippen LogP contribution in [0.3, 0.4) is 0 Å². The Kier molecular flexibility index (Phi) is 5.99. The van der Waals surface area contributed by atoms with E-state index in [1.54, 1.807) is 14.0 Å². The van der Waals surface area contributed by atoms with Crippen LogP contribution in [-0.2, 0) is 14.3 Å². The minimum absolute atomic E-state index is 0.122. The molecule has 2 atom stereocenters. The summed E-state index contributed by atoms with van der Waals surface area (Å²) in [5.74, 6) is -0.379. The van der Waals surface area contributed by atoms with Crippen LogP contribution < -0.4 is 0 Å². The van der Waals surface area contributed by atoms with E-state index >= 15 is 0 Å². The molecule has 76 valence electrons. The SMILES string of the molecule is C=C(C)C(=O)OCC(OC)C(C)Br. The summed E-state index contributed by atoms with van der Waals surface area (Å²) in [6.45, 7) is 7.27. The number of ether oxygens (including phenoxy) is 2. The lowest BCUT2D eigenvalue weighted by atomic mass is 10.3. The van der Waals surface area contributed by atoms with Crippen LogP contribution in [0.1, 0.15) is 13.8 Å². The zero-order valence-electron chi connectivity index (χ0n) is 8.17. The van der Waals surface area contributed by atoms with Gasteiger partial charge < -0.3 is 9.47 Å². The molecule has 0 aliphatic heterocycles. The molecular formula is C9H15BrO3. The number of hydrogen-bond acceptors (Lipinski definition) is 3. The van der Waals surface area contributed by atoms with E-state index in [-0.39, 0.29) is 23.5 Å². The number of esters is 1. The van der Waals surface area contributed by atoms with Gasteiger partial charge in [-0.05, 0) is 6.92 Å². The number of alkyl halides is 1. The van der Waals surface area contributed by atoms with Crippen molar-refractivity contribution in [2.45, 2.75) is 24.8 Å². The van der Waals surface area contributed by atoms with Crippen molar-refractivity contribution in [2.24, 2.45) is 0 Å². The molecule has 2 unspecified atom stereocenters. The molecule has 0 aromatic heterocycles. The van der Waals surface area contributed by atoms with Gasteiger partial charge in [-0.15, -0.1) is 0 Å². The Hall–Kier alpha value is -0.350. The summed E-state index contributed by atoms with van der Waals surface area (Å²) in [7, 11) is 1.58. The monoisotopic (exact) mass is 250 g/mol. The summed E-state index contributed by atoms with van der Waals surface area (Å²) in [5, 5.41) is 0. The van der Waals surface area contributed by atoms with Crippen molar-refractivity contribution in [1.82, 2.24) is 0 Å². The van der Waals surface area contributed by atoms with Crippen LogP contribution in [-0.4, -0.2) is 30.6 Å². The molecule has 0 radical (unpaired) electrons. The number of carbonyl (C=O) groups is 1. The lowest BCUT2D eigenvalue weighted by molar-refractivity contribution is -0.142. The van der Waals surface area contributed by atoms with Gasteiger partial charge in [-0.25, -0.2) is 4.79 Å². The molecule has 13 heavy (non-hydrogen) atoms. The molecule has 0 aromatic rings. The molecule has 0 N–H and O–H groups in total. The third-order valence-electron chi connectivity index (χ3n) is 1.54. The average molecular weight is 251 g/mol. The van der Waals surface area contributed by atoms with Crippen LogP contribution in [0.4, 0.5) is 0 Å². The van der Waals surface area contributed by atoms with Gasteiger partial charge in [0.05, 0.1) is 0 Å². The molecule has 3 nitrogen and oxygen atoms in total. The van der Waals surface area contributed by atoms with Crippen molar-refractivity contribution in [3.63, 3.8) is 0 Å². The van der Waals surface area contributed by atoms with Crippen LogP contribution in [0, 0.1) is 0 Å². The van der Waals surface area contributed by atoms with E-state index in [1.807, 2.05) is 6.92 Å². The number of hydrogen-bond donors (Lipinski definition) is 0. The van der Waals surface area contributed by atoms with E-state index in [2.05, 4.69) is 22.5 Å². The molecule has 0 saturated carbocycles. The van der Waals surface area contributed by atoms with Crippen LogP contribution in [0.25, 0.3) is 0 Å². The maximum atomic E-state index is 11.0. The zero-order valence-corrected chi connectivity index (χ0v) is 9.76. The summed E-state index contributed by atoms with van der Waals surface area (Å²) >= 11 is 3.35. The first-order valence-electron chi connectivity index (χ1n) is 3.98. The Morgan fingerprint density at radius 3 is 2.46 bits per heavy atom. The Bertz CT molecular complexity index is 189. The fourth-order valence-corrected chi connectivity index (χ4v) is 1.04. The summed E-state index contributed by atoms with van der Waals surface area (Å²) < 4.78 is 10.0. The Morgan fingerprint density at radius 2 is 2.15 bits per heavy atom. The van der Waals surface area contributed by atoms with Crippen LogP contribution >= 0.6 is 15.9 Å². The number of methoxy groups -OCH3 is 1. The molecule has 0 bridgehead atoms. The summed E-state index contributed by atoms with van der Waals surface area (Å²) in [5.41, 5.74) is 0.400. The molecule has 0 heterocycles. The summed E-state index contributed by atoms with van der Waals surface area (Å²) in [6.07, 6.45) is -0.122. The first-order chi connectivity index (χ1) is 5.99. The van der Waals surface area contributed by atoms with Crippen molar-refractivity contribution in [3.05, 3.63) is 12.2 Å². The molecule has 0 amide bonds. The maximum absolute atomic E-state index is 11.0. The minimum Gasteiger partial charge on any atom is -0.460 e. The van der Waals surface area contributed by atoms with Gasteiger partial charge in [0, 0.05) is 17.5 Å². The molecule has 0 aliphatic carbocycles. The largest absolute Gasteiger partial charge is 0.460 e. The molecule has 0 aliphatic rings. The van der Waals surface area contributed by atoms with Gasteiger partial charge in [-0.3, -0.25) is 0 Å². The van der Waals surface area contributed by atoms with Gasteiger partial charge in [0.2, 0.25) is 0 Å². The molecule has 4 heteroatoms. The van der Waals surface area contributed by atoms with E-state index in [0.29, 0.717) is 5.57 Å². The normalized spacial score (nSPS) is 14.8. The van der Waals surface area contributed by atoms with Gasteiger partial charge in [-0.2, -0.15) is 0 Å². The third kappa shape index (κ3) is 5.05. The second-order valence-electron chi connectivity index (χ2n) is 2.83. The van der Waals surface area contributed by atoms with E-state index in [9.17, 15) is 4.79 Å². The van der Waals surface area contributed by atoms with E-state index in [0.717, 1.165) is 0 Å². The van der Waals surface area contributed by atoms with Gasteiger partial charge in [0.1, 0.15) is 12.7 Å². The first kappa shape index (κ1) is 12.7. The molecule has 0 spiro atoms. The highest BCUT2D eigenvalue weighted by Gasteiger charge is 2.16. The van der Waals surface area contributed by atoms with Gasteiger partial charge in [0.15, 0.2) is 0 Å². The Labute approximate surface area is 87.2 Å². The van der Waals surface area contributed by atoms with Gasteiger partial charge in [0.25, 0.3) is 0 Å². The Morgan fingerprint density at radius 1 is 1.62 bits per heavy atom. The average Bonchev–Trinajstić information content (AvgIpc) is 2.04. The van der Waals surface area contributed by atoms with Crippen molar-refractivity contribution >= 4 is 21.9 Å². The Balaban J connectivity index is 3.85. The quantitative estimate of drug-likeness (QED) is 0.425. The highest BCUT2D eigenvalue weighted by molar-refractivity contribution is 9.09. The smallest absolute Gasteiger partial charge is 0.333 e. The standard InChI is InChI=1S/C9H15BrO3/c1-6(2)9(11)13-5-8(12-4)7(3)10/h7-8H,1,5H2,2-4H3. The molecule has 0 rings (SSSR count). The van der Waals surface area contributed by atoms with Crippen molar-refractivity contribution in [2.75, 3.05) is 13.7 Å². The second kappa shape index (κ2) is 6.16. The predicted molar refractivity (Wildman–Crippen MR) is 55.0 cm³/mol. The maximum Gasteiger partial charge on any atom is 0.333 e. The third-order valence-corrected chi connectivity index (χ3v) is 2.13. The summed E-state index contributed by atoms with van der Waals surface area (Å²) in [4.78, 5) is 11.1. The first-order valence-corrected chi connectivity index (χ1v) is 4.90. The van der Waals surface area contributed by atoms with Crippen molar-refractivity contribution in [3.8, 4) is 0 Å². The van der Waals surface area contributed by atoms with Crippen molar-refractivity contribution in [1.29, 1.82) is 0 Å². The van der Waals surface area contributed by atoms with Crippen LogP contribution in [0.5, 0.6) is 0 Å². The highest BCUT2D eigenvalue weighted by atomic mass is 79.9. The van der Waals surface area contributed by atoms with Crippen molar-refractivity contribution < 1.29 is 14.3 Å². The van der Waals surface area contributed by atoms with Gasteiger partial charge >= 0.3 is 5.97 Å². The fourth-order valence-electron chi connectivity index (χ4n) is 0.669. The topological polar surface area (TPSA) is 35.5 Å². The minimum atomic E-state index is -0.379. The van der Waals surface area contributed by atoms with Crippen LogP contribution in [0.15, 0.2) is 12.2 Å². The van der Waals surface area contributed by atoms with E-state index in [4.69, 9.17) is 9.47 Å². The zero-order chi connectivity index (χ0) is 10.4. The number of halogens is 1. The number of rotatable bonds is 5. The molecular weight excluding hydrogens is 236 g/mol.